The van der Waals surface area contributed by atoms with Gasteiger partial charge in [-0.2, -0.15) is 4.98 Å². The highest BCUT2D eigenvalue weighted by atomic mass is 35.5. The van der Waals surface area contributed by atoms with Gasteiger partial charge in [0.05, 0.1) is 16.9 Å². The van der Waals surface area contributed by atoms with E-state index in [0.29, 0.717) is 69.4 Å². The van der Waals surface area contributed by atoms with Gasteiger partial charge in [0, 0.05) is 77.7 Å². The second kappa shape index (κ2) is 11.3. The molecule has 9 nitrogen and oxygen atoms in total. The zero-order valence-corrected chi connectivity index (χ0v) is 26.0. The number of nitrogens with zero attached hydrogens (tertiary/aromatic N) is 5. The van der Waals surface area contributed by atoms with Crippen molar-refractivity contribution in [3.63, 3.8) is 0 Å². The fourth-order valence-electron chi connectivity index (χ4n) is 6.58. The van der Waals surface area contributed by atoms with Crippen molar-refractivity contribution < 1.29 is 9.18 Å². The Morgan fingerprint density at radius 3 is 2.73 bits per heavy atom. The summed E-state index contributed by atoms with van der Waals surface area (Å²) < 4.78 is 17.3. The SMILES string of the molecule is C=CC(=O)N1CCN(c2nc(=O)n(-c3c(C)ccnc3C(C)C)c3c4c(c(Cl)cc23)-c2c(F)ccc(CN)c2NC4)[C@@H](C)C1. The Balaban J connectivity index is 1.71. The first-order valence-corrected chi connectivity index (χ1v) is 15.1. The van der Waals surface area contributed by atoms with Crippen LogP contribution in [0.25, 0.3) is 27.7 Å². The molecule has 2 aromatic heterocycles. The lowest BCUT2D eigenvalue weighted by Crippen LogP contribution is -2.54. The Kier molecular flexibility index (Phi) is 7.67. The molecule has 6 rings (SSSR count). The van der Waals surface area contributed by atoms with Crippen LogP contribution < -0.4 is 21.6 Å². The van der Waals surface area contributed by atoms with Crippen LogP contribution in [0.4, 0.5) is 15.9 Å². The number of halogens is 2. The summed E-state index contributed by atoms with van der Waals surface area (Å²) in [4.78, 5) is 39.8. The van der Waals surface area contributed by atoms with Crippen LogP contribution in [0.3, 0.4) is 0 Å². The second-order valence-corrected chi connectivity index (χ2v) is 12.1. The quantitative estimate of drug-likeness (QED) is 0.294. The summed E-state index contributed by atoms with van der Waals surface area (Å²) in [6.45, 7) is 13.5. The van der Waals surface area contributed by atoms with E-state index in [0.717, 1.165) is 16.8 Å². The van der Waals surface area contributed by atoms with Crippen LogP contribution in [0.2, 0.25) is 5.02 Å². The Hall–Kier alpha value is -4.28. The van der Waals surface area contributed by atoms with Crippen molar-refractivity contribution in [2.45, 2.75) is 52.7 Å². The Bertz CT molecular complexity index is 1900. The van der Waals surface area contributed by atoms with Crippen LogP contribution >= 0.6 is 11.6 Å². The number of anilines is 2. The van der Waals surface area contributed by atoms with Crippen molar-refractivity contribution in [1.29, 1.82) is 0 Å². The summed E-state index contributed by atoms with van der Waals surface area (Å²) >= 11 is 7.06. The van der Waals surface area contributed by atoms with E-state index in [1.807, 2.05) is 38.7 Å². The number of carbonyl (C=O) groups excluding carboxylic acids is 1. The molecule has 3 N–H and O–H groups in total. The molecule has 4 heterocycles. The van der Waals surface area contributed by atoms with Gasteiger partial charge >= 0.3 is 5.69 Å². The van der Waals surface area contributed by atoms with Gasteiger partial charge in [0.25, 0.3) is 0 Å². The van der Waals surface area contributed by atoms with E-state index >= 15 is 4.39 Å². The Morgan fingerprint density at radius 2 is 2.05 bits per heavy atom. The van der Waals surface area contributed by atoms with Crippen molar-refractivity contribution in [2.75, 3.05) is 29.9 Å². The lowest BCUT2D eigenvalue weighted by atomic mass is 9.89. The molecule has 2 aliphatic rings. The van der Waals surface area contributed by atoms with E-state index in [4.69, 9.17) is 17.3 Å². The Morgan fingerprint density at radius 1 is 1.27 bits per heavy atom. The van der Waals surface area contributed by atoms with Gasteiger partial charge in [-0.15, -0.1) is 0 Å². The molecule has 0 radical (unpaired) electrons. The summed E-state index contributed by atoms with van der Waals surface area (Å²) in [5.74, 6) is -0.0989. The zero-order valence-electron chi connectivity index (χ0n) is 25.2. The molecule has 0 aliphatic carbocycles. The highest BCUT2D eigenvalue weighted by Gasteiger charge is 2.33. The molecule has 11 heteroatoms. The normalized spacial score (nSPS) is 16.1. The van der Waals surface area contributed by atoms with Crippen molar-refractivity contribution in [3.05, 3.63) is 86.8 Å². The molecule has 0 saturated carbocycles. The molecule has 4 aromatic rings. The number of amides is 1. The predicted molar refractivity (Wildman–Crippen MR) is 173 cm³/mol. The van der Waals surface area contributed by atoms with Crippen molar-refractivity contribution in [3.8, 4) is 16.8 Å². The minimum Gasteiger partial charge on any atom is -0.380 e. The summed E-state index contributed by atoms with van der Waals surface area (Å²) in [5, 5.41) is 4.38. The number of hydrogen-bond acceptors (Lipinski definition) is 7. The fourth-order valence-corrected chi connectivity index (χ4v) is 6.90. The first-order valence-electron chi connectivity index (χ1n) is 14.7. The maximum atomic E-state index is 15.7. The minimum absolute atomic E-state index is 0.00792. The number of nitrogens with one attached hydrogen (secondary N) is 1. The van der Waals surface area contributed by atoms with Crippen LogP contribution in [0.1, 0.15) is 49.1 Å². The van der Waals surface area contributed by atoms with Gasteiger partial charge in [-0.25, -0.2) is 9.18 Å². The average Bonchev–Trinajstić information content (AvgIpc) is 3.00. The summed E-state index contributed by atoms with van der Waals surface area (Å²) in [6.07, 6.45) is 3.05. The Labute approximate surface area is 260 Å². The fraction of sp³-hybridized carbons (Fsp3) is 0.333. The van der Waals surface area contributed by atoms with Crippen LogP contribution in [0, 0.1) is 12.7 Å². The molecule has 0 unspecified atom stereocenters. The van der Waals surface area contributed by atoms with Crippen molar-refractivity contribution >= 4 is 39.9 Å². The highest BCUT2D eigenvalue weighted by molar-refractivity contribution is 6.35. The third kappa shape index (κ3) is 4.64. The third-order valence-corrected chi connectivity index (χ3v) is 8.97. The molecule has 0 spiro atoms. The number of fused-ring (bicyclic) bond motifs is 5. The molecule has 1 amide bonds. The lowest BCUT2D eigenvalue weighted by molar-refractivity contribution is -0.126. The number of benzene rings is 2. The maximum Gasteiger partial charge on any atom is 0.354 e. The number of hydrogen-bond donors (Lipinski definition) is 2. The van der Waals surface area contributed by atoms with Crippen molar-refractivity contribution in [1.82, 2.24) is 19.4 Å². The van der Waals surface area contributed by atoms with Gasteiger partial charge in [-0.3, -0.25) is 14.3 Å². The van der Waals surface area contributed by atoms with E-state index in [1.165, 1.54) is 12.1 Å². The van der Waals surface area contributed by atoms with E-state index in [9.17, 15) is 9.59 Å². The first-order chi connectivity index (χ1) is 21.1. The monoisotopic (exact) mass is 615 g/mol. The maximum absolute atomic E-state index is 15.7. The number of nitrogens with two attached hydrogens (primary N) is 1. The zero-order chi connectivity index (χ0) is 31.4. The van der Waals surface area contributed by atoms with Crippen molar-refractivity contribution in [2.24, 2.45) is 5.73 Å². The largest absolute Gasteiger partial charge is 0.380 e. The summed E-state index contributed by atoms with van der Waals surface area (Å²) in [5.41, 5.74) is 11.3. The van der Waals surface area contributed by atoms with Gasteiger partial charge in [-0.1, -0.05) is 38.1 Å². The number of rotatable bonds is 5. The summed E-state index contributed by atoms with van der Waals surface area (Å²) in [6, 6.07) is 6.58. The topological polar surface area (TPSA) is 109 Å². The van der Waals surface area contributed by atoms with E-state index in [2.05, 4.69) is 21.9 Å². The lowest BCUT2D eigenvalue weighted by Gasteiger charge is -2.41. The van der Waals surface area contributed by atoms with Gasteiger partial charge in [0.15, 0.2) is 0 Å². The van der Waals surface area contributed by atoms with Crippen LogP contribution in [-0.4, -0.2) is 51.0 Å². The van der Waals surface area contributed by atoms with Crippen LogP contribution in [-0.2, 0) is 17.9 Å². The van der Waals surface area contributed by atoms with E-state index in [1.54, 1.807) is 27.8 Å². The molecule has 2 aliphatic heterocycles. The van der Waals surface area contributed by atoms with Crippen LogP contribution in [0.15, 0.2) is 47.9 Å². The average molecular weight is 616 g/mol. The van der Waals surface area contributed by atoms with E-state index in [-0.39, 0.29) is 31.0 Å². The molecule has 1 saturated heterocycles. The van der Waals surface area contributed by atoms with Gasteiger partial charge < -0.3 is 20.9 Å². The number of aryl methyl sites for hydroxylation is 1. The predicted octanol–water partition coefficient (Wildman–Crippen LogP) is 5.28. The highest BCUT2D eigenvalue weighted by Crippen LogP contribution is 2.47. The molecule has 1 atom stereocenters. The molecule has 228 valence electrons. The molecular weight excluding hydrogens is 581 g/mol. The molecule has 0 bridgehead atoms. The molecule has 44 heavy (non-hydrogen) atoms. The molecule has 1 fully saturated rings. The second-order valence-electron chi connectivity index (χ2n) is 11.7. The summed E-state index contributed by atoms with van der Waals surface area (Å²) in [7, 11) is 0. The molecular formula is C33H35ClFN7O2. The van der Waals surface area contributed by atoms with E-state index < -0.39 is 11.5 Å². The number of carbonyl (C=O) groups is 1. The van der Waals surface area contributed by atoms with Gasteiger partial charge in [-0.05, 0) is 55.2 Å². The van der Waals surface area contributed by atoms with Gasteiger partial charge in [0.1, 0.15) is 11.6 Å². The minimum atomic E-state index is -0.478. The third-order valence-electron chi connectivity index (χ3n) is 8.67. The van der Waals surface area contributed by atoms with Crippen LogP contribution in [0.5, 0.6) is 0 Å². The number of aromatic nitrogens is 3. The standard InChI is InChI=1S/C33H35ClFN7O2/c1-6-25(43)40-11-12-41(19(5)16-40)32-21-13-23(34)26-22(15-38-29-20(14-36)7-8-24(35)27(26)29)31(21)42(33(44)39-32)30-18(4)9-10-37-28(30)17(2)3/h6-10,13,17,19,38H,1,11-12,14-16,36H2,2-5H3/t19-/m0/s1. The smallest absolute Gasteiger partial charge is 0.354 e. The first kappa shape index (κ1) is 29.8. The molecule has 2 aromatic carbocycles. The van der Waals surface area contributed by atoms with Gasteiger partial charge in [0.2, 0.25) is 5.91 Å². The number of pyridine rings is 1. The number of piperazine rings is 1.